The molecular weight excluding hydrogens is 412 g/mol. The number of aryl methyl sites for hydroxylation is 1. The summed E-state index contributed by atoms with van der Waals surface area (Å²) in [6.07, 6.45) is 2.88. The molecule has 1 atom stereocenters. The fourth-order valence-corrected chi connectivity index (χ4v) is 4.70. The molecule has 0 aromatic carbocycles. The third-order valence-corrected chi connectivity index (χ3v) is 6.07. The van der Waals surface area contributed by atoms with Crippen LogP contribution < -0.4 is 10.6 Å². The summed E-state index contributed by atoms with van der Waals surface area (Å²) >= 11 is 6.29. The van der Waals surface area contributed by atoms with Crippen LogP contribution in [-0.4, -0.2) is 60.8 Å². The van der Waals surface area contributed by atoms with E-state index in [1.54, 1.807) is 13.8 Å². The van der Waals surface area contributed by atoms with Crippen LogP contribution in [0, 0.1) is 6.92 Å². The van der Waals surface area contributed by atoms with Gasteiger partial charge in [-0.25, -0.2) is 22.7 Å². The molecule has 1 unspecified atom stereocenters. The average molecular weight is 433 g/mol. The first-order valence-electron chi connectivity index (χ1n) is 8.50. The first kappa shape index (κ1) is 21.9. The van der Waals surface area contributed by atoms with Crippen molar-refractivity contribution in [1.82, 2.24) is 20.4 Å². The van der Waals surface area contributed by atoms with E-state index < -0.39 is 34.4 Å². The minimum atomic E-state index is -3.10. The van der Waals surface area contributed by atoms with Crippen molar-refractivity contribution in [3.05, 3.63) is 22.5 Å². The molecule has 0 radical (unpaired) electrons. The lowest BCUT2D eigenvalue weighted by Gasteiger charge is -2.09. The van der Waals surface area contributed by atoms with Crippen LogP contribution in [0.5, 0.6) is 0 Å². The number of aromatic nitrogens is 2. The van der Waals surface area contributed by atoms with Gasteiger partial charge in [-0.2, -0.15) is 5.10 Å². The fraction of sp³-hybridized carbons (Fsp3) is 0.500. The highest BCUT2D eigenvalue weighted by atomic mass is 35.5. The second kappa shape index (κ2) is 9.20. The predicted octanol–water partition coefficient (Wildman–Crippen LogP) is 0.607. The van der Waals surface area contributed by atoms with Crippen LogP contribution in [0.15, 0.2) is 6.08 Å². The number of ether oxygens (including phenoxy) is 1. The molecule has 2 heterocycles. The van der Waals surface area contributed by atoms with Crippen molar-refractivity contribution in [3.63, 3.8) is 0 Å². The maximum Gasteiger partial charge on any atom is 0.331 e. The van der Waals surface area contributed by atoms with Gasteiger partial charge in [0.15, 0.2) is 16.4 Å². The van der Waals surface area contributed by atoms with Crippen LogP contribution in [0.25, 0.3) is 6.08 Å². The van der Waals surface area contributed by atoms with Gasteiger partial charge in [-0.3, -0.25) is 10.1 Å². The van der Waals surface area contributed by atoms with Crippen LogP contribution >= 0.6 is 11.6 Å². The standard InChI is InChI=1S/C16H21ClN4O6S/c1-3-18-16(24)19-13(22)8-27-14(23)5-4-12-10(2)20-21(15(12)17)11-6-7-28(25,26)9-11/h4-5,11H,3,6-9H2,1-2H3,(H2,18,19,22,24)/b5-4+. The molecule has 0 aliphatic carbocycles. The van der Waals surface area contributed by atoms with Gasteiger partial charge < -0.3 is 10.1 Å². The zero-order valence-electron chi connectivity index (χ0n) is 15.4. The molecule has 2 rings (SSSR count). The zero-order chi connectivity index (χ0) is 20.9. The molecule has 1 aromatic heterocycles. The summed E-state index contributed by atoms with van der Waals surface area (Å²) in [5.41, 5.74) is 0.974. The van der Waals surface area contributed by atoms with Crippen LogP contribution in [0.2, 0.25) is 5.15 Å². The number of hydrogen-bond acceptors (Lipinski definition) is 7. The predicted molar refractivity (Wildman–Crippen MR) is 101 cm³/mol. The van der Waals surface area contributed by atoms with E-state index in [0.29, 0.717) is 24.2 Å². The largest absolute Gasteiger partial charge is 0.452 e. The summed E-state index contributed by atoms with van der Waals surface area (Å²) in [6, 6.07) is -1.02. The summed E-state index contributed by atoms with van der Waals surface area (Å²) in [7, 11) is -3.10. The maximum absolute atomic E-state index is 11.8. The number of urea groups is 1. The number of nitrogens with one attached hydrogen (secondary N) is 2. The molecule has 2 N–H and O–H groups in total. The summed E-state index contributed by atoms with van der Waals surface area (Å²) in [4.78, 5) is 34.4. The number of rotatable bonds is 6. The Balaban J connectivity index is 1.96. The van der Waals surface area contributed by atoms with Crippen molar-refractivity contribution >= 4 is 45.4 Å². The lowest BCUT2D eigenvalue weighted by Crippen LogP contribution is -2.41. The van der Waals surface area contributed by atoms with Crippen LogP contribution in [0.3, 0.4) is 0 Å². The van der Waals surface area contributed by atoms with Gasteiger partial charge in [0.05, 0.1) is 23.2 Å². The van der Waals surface area contributed by atoms with E-state index in [9.17, 15) is 22.8 Å². The summed E-state index contributed by atoms with van der Waals surface area (Å²) in [6.45, 7) is 3.10. The van der Waals surface area contributed by atoms with E-state index in [1.807, 2.05) is 5.32 Å². The van der Waals surface area contributed by atoms with Crippen LogP contribution in [0.1, 0.15) is 30.6 Å². The number of halogens is 1. The van der Waals surface area contributed by atoms with Crippen LogP contribution in [0.4, 0.5) is 4.79 Å². The van der Waals surface area contributed by atoms with E-state index in [4.69, 9.17) is 16.3 Å². The average Bonchev–Trinajstić information content (AvgIpc) is 3.10. The molecule has 10 nitrogen and oxygen atoms in total. The normalized spacial score (nSPS) is 18.2. The molecule has 1 fully saturated rings. The second-order valence-corrected chi connectivity index (χ2v) is 8.73. The summed E-state index contributed by atoms with van der Waals surface area (Å²) < 4.78 is 29.5. The van der Waals surface area contributed by atoms with Crippen molar-refractivity contribution in [3.8, 4) is 0 Å². The van der Waals surface area contributed by atoms with Crippen molar-refractivity contribution in [1.29, 1.82) is 0 Å². The molecule has 1 aliphatic heterocycles. The first-order valence-corrected chi connectivity index (χ1v) is 10.7. The topological polar surface area (TPSA) is 136 Å². The molecule has 28 heavy (non-hydrogen) atoms. The minimum Gasteiger partial charge on any atom is -0.452 e. The quantitative estimate of drug-likeness (QED) is 0.496. The zero-order valence-corrected chi connectivity index (χ0v) is 17.0. The van der Waals surface area contributed by atoms with E-state index in [-0.39, 0.29) is 22.7 Å². The van der Waals surface area contributed by atoms with Crippen LogP contribution in [-0.2, 0) is 24.2 Å². The molecule has 3 amide bonds. The third kappa shape index (κ3) is 5.80. The van der Waals surface area contributed by atoms with Crippen molar-refractivity contribution in [2.45, 2.75) is 26.3 Å². The van der Waals surface area contributed by atoms with E-state index in [0.717, 1.165) is 6.08 Å². The molecule has 1 saturated heterocycles. The second-order valence-electron chi connectivity index (χ2n) is 6.14. The maximum atomic E-state index is 11.8. The smallest absolute Gasteiger partial charge is 0.331 e. The number of carbonyl (C=O) groups is 3. The summed E-state index contributed by atoms with van der Waals surface area (Å²) in [5, 5.41) is 8.85. The highest BCUT2D eigenvalue weighted by molar-refractivity contribution is 7.91. The Labute approximate surface area is 167 Å². The number of sulfone groups is 1. The molecule has 154 valence electrons. The third-order valence-electron chi connectivity index (χ3n) is 3.95. The number of amides is 3. The van der Waals surface area contributed by atoms with Crippen molar-refractivity contribution in [2.75, 3.05) is 24.7 Å². The number of nitrogens with zero attached hydrogens (tertiary/aromatic N) is 2. The SMILES string of the molecule is CCNC(=O)NC(=O)COC(=O)/C=C/c1c(C)nn(C2CCS(=O)(=O)C2)c1Cl. The summed E-state index contributed by atoms with van der Waals surface area (Å²) in [5.74, 6) is -1.52. The molecule has 0 saturated carbocycles. The van der Waals surface area contributed by atoms with Gasteiger partial charge in [-0.15, -0.1) is 0 Å². The highest BCUT2D eigenvalue weighted by Gasteiger charge is 2.31. The van der Waals surface area contributed by atoms with E-state index in [2.05, 4.69) is 10.4 Å². The molecule has 0 bridgehead atoms. The number of esters is 1. The Bertz CT molecular complexity index is 908. The Kier molecular flexibility index (Phi) is 7.19. The van der Waals surface area contributed by atoms with Gasteiger partial charge in [0.2, 0.25) is 0 Å². The minimum absolute atomic E-state index is 0.0280. The van der Waals surface area contributed by atoms with Crippen molar-refractivity contribution < 1.29 is 27.5 Å². The van der Waals surface area contributed by atoms with Gasteiger partial charge in [-0.1, -0.05) is 11.6 Å². The Morgan fingerprint density at radius 3 is 2.71 bits per heavy atom. The van der Waals surface area contributed by atoms with Gasteiger partial charge in [-0.05, 0) is 26.3 Å². The molecule has 0 spiro atoms. The Morgan fingerprint density at radius 2 is 2.11 bits per heavy atom. The molecular formula is C16H21ClN4O6S. The van der Waals surface area contributed by atoms with Gasteiger partial charge >= 0.3 is 12.0 Å². The molecule has 1 aliphatic rings. The lowest BCUT2D eigenvalue weighted by molar-refractivity contribution is -0.143. The highest BCUT2D eigenvalue weighted by Crippen LogP contribution is 2.30. The fourth-order valence-electron chi connectivity index (χ4n) is 2.64. The number of imide groups is 1. The number of carbonyl (C=O) groups excluding carboxylic acids is 3. The Morgan fingerprint density at radius 1 is 1.39 bits per heavy atom. The Hall–Kier alpha value is -2.40. The molecule has 1 aromatic rings. The van der Waals surface area contributed by atoms with E-state index >= 15 is 0 Å². The first-order chi connectivity index (χ1) is 13.1. The molecule has 12 heteroatoms. The lowest BCUT2D eigenvalue weighted by atomic mass is 10.2. The van der Waals surface area contributed by atoms with Crippen molar-refractivity contribution in [2.24, 2.45) is 0 Å². The number of hydrogen-bond donors (Lipinski definition) is 2. The van der Waals surface area contributed by atoms with Gasteiger partial charge in [0.25, 0.3) is 5.91 Å². The van der Waals surface area contributed by atoms with Gasteiger partial charge in [0, 0.05) is 18.2 Å². The van der Waals surface area contributed by atoms with Gasteiger partial charge in [0.1, 0.15) is 5.15 Å². The van der Waals surface area contributed by atoms with E-state index in [1.165, 1.54) is 10.8 Å². The monoisotopic (exact) mass is 432 g/mol.